The van der Waals surface area contributed by atoms with Crippen molar-refractivity contribution in [3.63, 3.8) is 0 Å². The quantitative estimate of drug-likeness (QED) is 0.156. The lowest BCUT2D eigenvalue weighted by molar-refractivity contribution is -0.137. The molecule has 0 unspecified atom stereocenters. The van der Waals surface area contributed by atoms with Gasteiger partial charge in [0.2, 0.25) is 5.91 Å². The first-order valence-electron chi connectivity index (χ1n) is 12.8. The maximum absolute atomic E-state index is 12.5. The highest BCUT2D eigenvalue weighted by atomic mass is 16.5. The molecule has 0 radical (unpaired) electrons. The fourth-order valence-electron chi connectivity index (χ4n) is 3.48. The Bertz CT molecular complexity index is 857. The van der Waals surface area contributed by atoms with Crippen LogP contribution >= 0.6 is 0 Å². The van der Waals surface area contributed by atoms with E-state index in [4.69, 9.17) is 9.84 Å². The number of rotatable bonds is 18. The second kappa shape index (κ2) is 20.4. The predicted molar refractivity (Wildman–Crippen MR) is 141 cm³/mol. The van der Waals surface area contributed by atoms with Crippen LogP contribution in [0.5, 0.6) is 0 Å². The summed E-state index contributed by atoms with van der Waals surface area (Å²) in [6.45, 7) is 6.90. The minimum Gasteiger partial charge on any atom is -0.481 e. The summed E-state index contributed by atoms with van der Waals surface area (Å²) in [6.07, 6.45) is 11.6. The smallest absolute Gasteiger partial charge is 0.304 e. The van der Waals surface area contributed by atoms with Crippen LogP contribution in [0.4, 0.5) is 0 Å². The Balaban J connectivity index is 2.49. The van der Waals surface area contributed by atoms with Crippen LogP contribution in [-0.4, -0.2) is 29.6 Å². The van der Waals surface area contributed by atoms with E-state index >= 15 is 0 Å². The maximum atomic E-state index is 12.5. The fraction of sp³-hybridized carbons (Fsp3) is 0.533. The van der Waals surface area contributed by atoms with Crippen molar-refractivity contribution in [1.29, 1.82) is 0 Å². The zero-order valence-electron chi connectivity index (χ0n) is 21.2. The van der Waals surface area contributed by atoms with E-state index in [1.54, 1.807) is 0 Å². The first-order valence-corrected chi connectivity index (χ1v) is 12.8. The van der Waals surface area contributed by atoms with E-state index in [0.29, 0.717) is 26.1 Å². The highest BCUT2D eigenvalue weighted by molar-refractivity contribution is 5.76. The summed E-state index contributed by atoms with van der Waals surface area (Å²) in [5, 5.41) is 11.9. The molecule has 0 aliphatic carbocycles. The number of aliphatic carboxylic acids is 1. The van der Waals surface area contributed by atoms with Crippen LogP contribution in [0.2, 0.25) is 0 Å². The molecule has 0 heterocycles. The molecular formula is C30H41NO4. The normalized spacial score (nSPS) is 11.8. The van der Waals surface area contributed by atoms with Gasteiger partial charge in [-0.3, -0.25) is 9.59 Å². The lowest BCUT2D eigenvalue weighted by atomic mass is 10.0. The molecule has 0 saturated carbocycles. The molecule has 1 amide bonds. The summed E-state index contributed by atoms with van der Waals surface area (Å²) in [5.41, 5.74) is 1.12. The summed E-state index contributed by atoms with van der Waals surface area (Å²) in [6, 6.07) is 9.70. The minimum atomic E-state index is -0.922. The first kappa shape index (κ1) is 30.0. The van der Waals surface area contributed by atoms with Crippen LogP contribution in [0.25, 0.3) is 0 Å². The van der Waals surface area contributed by atoms with Crippen LogP contribution in [0.1, 0.15) is 83.1 Å². The third kappa shape index (κ3) is 17.1. The van der Waals surface area contributed by atoms with Gasteiger partial charge in [0.05, 0.1) is 19.1 Å². The second-order valence-corrected chi connectivity index (χ2v) is 8.65. The van der Waals surface area contributed by atoms with E-state index in [-0.39, 0.29) is 18.4 Å². The van der Waals surface area contributed by atoms with Crippen LogP contribution in [0, 0.1) is 29.6 Å². The summed E-state index contributed by atoms with van der Waals surface area (Å²) < 4.78 is 5.66. The predicted octanol–water partition coefficient (Wildman–Crippen LogP) is 5.89. The van der Waals surface area contributed by atoms with Gasteiger partial charge in [0, 0.05) is 18.9 Å². The van der Waals surface area contributed by atoms with Crippen molar-refractivity contribution in [3.05, 3.63) is 48.6 Å². The second-order valence-electron chi connectivity index (χ2n) is 8.65. The number of ether oxygens (including phenoxy) is 1. The summed E-state index contributed by atoms with van der Waals surface area (Å²) in [4.78, 5) is 23.3. The minimum absolute atomic E-state index is 0.0432. The zero-order valence-corrected chi connectivity index (χ0v) is 21.2. The van der Waals surface area contributed by atoms with Gasteiger partial charge in [0.25, 0.3) is 0 Å². The number of amides is 1. The highest BCUT2D eigenvalue weighted by Crippen LogP contribution is 2.10. The Morgan fingerprint density at radius 3 is 2.40 bits per heavy atom. The van der Waals surface area contributed by atoms with Crippen LogP contribution < -0.4 is 5.32 Å². The van der Waals surface area contributed by atoms with Crippen molar-refractivity contribution in [2.24, 2.45) is 5.92 Å². The number of hydrogen-bond acceptors (Lipinski definition) is 3. The monoisotopic (exact) mass is 479 g/mol. The number of carbonyl (C=O) groups excluding carboxylic acids is 1. The molecule has 0 aliphatic rings. The lowest BCUT2D eigenvalue weighted by Gasteiger charge is -2.13. The number of carbonyl (C=O) groups is 2. The Morgan fingerprint density at radius 1 is 1.03 bits per heavy atom. The van der Waals surface area contributed by atoms with Crippen molar-refractivity contribution in [2.75, 3.05) is 6.61 Å². The van der Waals surface area contributed by atoms with Crippen molar-refractivity contribution in [2.45, 2.75) is 90.2 Å². The van der Waals surface area contributed by atoms with Crippen molar-refractivity contribution in [3.8, 4) is 23.7 Å². The largest absolute Gasteiger partial charge is 0.481 e. The number of hydrogen-bond donors (Lipinski definition) is 2. The topological polar surface area (TPSA) is 75.6 Å². The fourth-order valence-corrected chi connectivity index (χ4v) is 3.48. The van der Waals surface area contributed by atoms with E-state index in [1.165, 1.54) is 38.2 Å². The number of benzene rings is 1. The number of unbranched alkanes of at least 4 members (excludes halogenated alkanes) is 6. The molecule has 5 nitrogen and oxygen atoms in total. The summed E-state index contributed by atoms with van der Waals surface area (Å²) in [7, 11) is 0. The van der Waals surface area contributed by atoms with E-state index in [1.807, 2.05) is 30.3 Å². The highest BCUT2D eigenvalue weighted by Gasteiger charge is 2.10. The number of nitrogens with one attached hydrogen (secondary N) is 1. The first-order chi connectivity index (χ1) is 17.0. The van der Waals surface area contributed by atoms with Gasteiger partial charge in [-0.05, 0) is 30.2 Å². The van der Waals surface area contributed by atoms with Crippen LogP contribution in [-0.2, 0) is 20.9 Å². The average Bonchev–Trinajstić information content (AvgIpc) is 2.85. The molecular weight excluding hydrogens is 438 g/mol. The molecule has 1 rings (SSSR count). The third-order valence-electron chi connectivity index (χ3n) is 5.48. The lowest BCUT2D eigenvalue weighted by Crippen LogP contribution is -2.33. The van der Waals surface area contributed by atoms with Crippen molar-refractivity contribution >= 4 is 11.9 Å². The van der Waals surface area contributed by atoms with Crippen LogP contribution in [0.15, 0.2) is 43.0 Å². The molecule has 0 saturated heterocycles. The Hall–Kier alpha value is -3.02. The summed E-state index contributed by atoms with van der Waals surface area (Å²) >= 11 is 0. The van der Waals surface area contributed by atoms with Crippen molar-refractivity contribution < 1.29 is 19.4 Å². The molecule has 190 valence electrons. The molecule has 5 heteroatoms. The number of carboxylic acids is 1. The molecule has 0 bridgehead atoms. The Morgan fingerprint density at radius 2 is 1.71 bits per heavy atom. The molecule has 2 atom stereocenters. The van der Waals surface area contributed by atoms with Gasteiger partial charge in [0.15, 0.2) is 0 Å². The molecule has 35 heavy (non-hydrogen) atoms. The Labute approximate surface area is 211 Å². The van der Waals surface area contributed by atoms with Crippen molar-refractivity contribution in [1.82, 2.24) is 5.32 Å². The molecule has 0 spiro atoms. The molecule has 0 aliphatic heterocycles. The van der Waals surface area contributed by atoms with Gasteiger partial charge < -0.3 is 15.2 Å². The van der Waals surface area contributed by atoms with Gasteiger partial charge in [-0.2, -0.15) is 0 Å². The van der Waals surface area contributed by atoms with Gasteiger partial charge >= 0.3 is 5.97 Å². The molecule has 1 aromatic carbocycles. The zero-order chi connectivity index (χ0) is 25.6. The SMILES string of the molecule is C=C[C@@H](C#CC#C[C@@H](CCCCCCCCC)NC(=O)CCCOCc1ccccc1)CC(=O)O. The number of carboxylic acid groups (broad SMARTS) is 1. The Kier molecular flexibility index (Phi) is 17.5. The maximum Gasteiger partial charge on any atom is 0.304 e. The van der Waals surface area contributed by atoms with Gasteiger partial charge in [-0.1, -0.05) is 100 Å². The number of allylic oxidation sites excluding steroid dienone is 1. The average molecular weight is 480 g/mol. The summed E-state index contributed by atoms with van der Waals surface area (Å²) in [5.74, 6) is 9.99. The molecule has 2 N–H and O–H groups in total. The van der Waals surface area contributed by atoms with Gasteiger partial charge in [-0.25, -0.2) is 0 Å². The molecule has 0 fully saturated rings. The van der Waals surface area contributed by atoms with Gasteiger partial charge in [-0.15, -0.1) is 6.58 Å². The van der Waals surface area contributed by atoms with E-state index in [2.05, 4.69) is 42.5 Å². The van der Waals surface area contributed by atoms with E-state index in [9.17, 15) is 9.59 Å². The van der Waals surface area contributed by atoms with E-state index in [0.717, 1.165) is 24.8 Å². The molecule has 1 aromatic rings. The molecule has 0 aromatic heterocycles. The van der Waals surface area contributed by atoms with Gasteiger partial charge in [0.1, 0.15) is 0 Å². The van der Waals surface area contributed by atoms with Crippen LogP contribution in [0.3, 0.4) is 0 Å². The standard InChI is InChI=1S/C30H41NO4/c1-3-5-6-7-8-9-13-20-28(21-15-14-17-26(4-2)24-30(33)34)31-29(32)22-16-23-35-25-27-18-11-10-12-19-27/h4,10-12,18-19,26,28H,2-3,5-9,13,16,20,22-25H2,1H3,(H,31,32)(H,33,34)/t26-,28+/m0/s1. The van der Waals surface area contributed by atoms with E-state index < -0.39 is 11.9 Å². The third-order valence-corrected chi connectivity index (χ3v) is 5.48.